The van der Waals surface area contributed by atoms with Crippen molar-refractivity contribution in [2.45, 2.75) is 38.9 Å². The highest BCUT2D eigenvalue weighted by molar-refractivity contribution is 6.30. The number of nitrogens with zero attached hydrogens (tertiary/aromatic N) is 5. The largest absolute Gasteiger partial charge is 0.481 e. The molecule has 1 amide bonds. The van der Waals surface area contributed by atoms with Crippen molar-refractivity contribution in [1.29, 1.82) is 0 Å². The zero-order chi connectivity index (χ0) is 25.4. The van der Waals surface area contributed by atoms with Gasteiger partial charge in [-0.3, -0.25) is 9.48 Å². The Morgan fingerprint density at radius 1 is 1.25 bits per heavy atom. The van der Waals surface area contributed by atoms with E-state index in [9.17, 15) is 14.7 Å². The van der Waals surface area contributed by atoms with Gasteiger partial charge in [-0.1, -0.05) is 35.9 Å². The molecule has 5 rings (SSSR count). The van der Waals surface area contributed by atoms with E-state index in [0.29, 0.717) is 30.2 Å². The number of methoxy groups -OCH3 is 1. The van der Waals surface area contributed by atoms with Crippen LogP contribution in [0.15, 0.2) is 48.8 Å². The van der Waals surface area contributed by atoms with Gasteiger partial charge >= 0.3 is 12.1 Å². The van der Waals surface area contributed by atoms with Crippen LogP contribution in [-0.4, -0.2) is 55.1 Å². The number of rotatable bonds is 6. The molecule has 1 aliphatic rings. The second kappa shape index (κ2) is 9.66. The van der Waals surface area contributed by atoms with E-state index in [-0.39, 0.29) is 18.6 Å². The average molecular weight is 508 g/mol. The van der Waals surface area contributed by atoms with E-state index in [1.54, 1.807) is 28.0 Å². The third-order valence-corrected chi connectivity index (χ3v) is 6.73. The molecular weight excluding hydrogens is 482 g/mol. The molecular formula is C26H26ClN5O4. The maximum absolute atomic E-state index is 12.3. The SMILES string of the molecule is COC(=O)N1CCc2ccc3c(nc(-c4cccc(CC(=O)O)c4)n3[C@@H](C)Cn3cc(Cl)cn3)c2C1. The highest BCUT2D eigenvalue weighted by Gasteiger charge is 2.27. The Balaban J connectivity index is 1.66. The number of amides is 1. The van der Waals surface area contributed by atoms with E-state index in [0.717, 1.165) is 40.0 Å². The normalized spacial score (nSPS) is 14.0. The van der Waals surface area contributed by atoms with Crippen molar-refractivity contribution < 1.29 is 19.4 Å². The van der Waals surface area contributed by atoms with Gasteiger partial charge in [0.2, 0.25) is 0 Å². The van der Waals surface area contributed by atoms with Crippen molar-refractivity contribution >= 4 is 34.7 Å². The molecule has 10 heteroatoms. The van der Waals surface area contributed by atoms with Crippen molar-refractivity contribution in [3.63, 3.8) is 0 Å². The Morgan fingerprint density at radius 2 is 2.08 bits per heavy atom. The number of carbonyl (C=O) groups is 2. The second-order valence-electron chi connectivity index (χ2n) is 9.02. The second-order valence-corrected chi connectivity index (χ2v) is 9.45. The smallest absolute Gasteiger partial charge is 0.409 e. The van der Waals surface area contributed by atoms with Crippen LogP contribution in [0.2, 0.25) is 5.02 Å². The maximum Gasteiger partial charge on any atom is 0.409 e. The standard InChI is InChI=1S/C26H26ClN5O4/c1-16(13-31-14-20(27)12-28-31)32-22-7-6-18-8-9-30(26(35)36-2)15-21(18)24(22)29-25(32)19-5-3-4-17(10-19)11-23(33)34/h3-7,10,12,14,16H,8-9,11,13,15H2,1-2H3,(H,33,34)/t16-/m0/s1. The molecule has 0 fully saturated rings. The summed E-state index contributed by atoms with van der Waals surface area (Å²) in [7, 11) is 1.39. The van der Waals surface area contributed by atoms with Gasteiger partial charge < -0.3 is 19.3 Å². The Kier molecular flexibility index (Phi) is 6.40. The van der Waals surface area contributed by atoms with Crippen LogP contribution >= 0.6 is 11.6 Å². The zero-order valence-electron chi connectivity index (χ0n) is 20.0. The summed E-state index contributed by atoms with van der Waals surface area (Å²) in [5.41, 5.74) is 5.44. The number of halogens is 1. The highest BCUT2D eigenvalue weighted by atomic mass is 35.5. The van der Waals surface area contributed by atoms with Crippen molar-refractivity contribution in [2.75, 3.05) is 13.7 Å². The third-order valence-electron chi connectivity index (χ3n) is 6.53. The summed E-state index contributed by atoms with van der Waals surface area (Å²) in [6.45, 7) is 3.65. The van der Waals surface area contributed by atoms with Crippen molar-refractivity contribution in [2.24, 2.45) is 0 Å². The van der Waals surface area contributed by atoms with Gasteiger partial charge in [-0.15, -0.1) is 0 Å². The van der Waals surface area contributed by atoms with Crippen LogP contribution in [0, 0.1) is 0 Å². The molecule has 0 spiro atoms. The molecule has 0 saturated carbocycles. The van der Waals surface area contributed by atoms with Crippen LogP contribution in [0.4, 0.5) is 4.79 Å². The van der Waals surface area contributed by atoms with Gasteiger partial charge in [-0.05, 0) is 36.6 Å². The number of carbonyl (C=O) groups excluding carboxylic acids is 1. The molecule has 36 heavy (non-hydrogen) atoms. The lowest BCUT2D eigenvalue weighted by Gasteiger charge is -2.28. The average Bonchev–Trinajstić information content (AvgIpc) is 3.46. The van der Waals surface area contributed by atoms with E-state index in [1.807, 2.05) is 18.2 Å². The number of benzene rings is 2. The molecule has 0 radical (unpaired) electrons. The highest BCUT2D eigenvalue weighted by Crippen LogP contribution is 2.34. The summed E-state index contributed by atoms with van der Waals surface area (Å²) < 4.78 is 8.91. The van der Waals surface area contributed by atoms with Crippen LogP contribution in [0.25, 0.3) is 22.4 Å². The number of aromatic nitrogens is 4. The quantitative estimate of drug-likeness (QED) is 0.410. The minimum atomic E-state index is -0.887. The predicted octanol–water partition coefficient (Wildman–Crippen LogP) is 4.57. The van der Waals surface area contributed by atoms with Crippen molar-refractivity contribution in [1.82, 2.24) is 24.2 Å². The molecule has 4 aromatic rings. The molecule has 0 aliphatic carbocycles. The number of aliphatic carboxylic acids is 1. The lowest BCUT2D eigenvalue weighted by atomic mass is 9.98. The molecule has 1 aliphatic heterocycles. The molecule has 186 valence electrons. The molecule has 1 atom stereocenters. The molecule has 9 nitrogen and oxygen atoms in total. The number of imidazole rings is 1. The Labute approximate surface area is 212 Å². The van der Waals surface area contributed by atoms with E-state index >= 15 is 0 Å². The molecule has 2 aromatic heterocycles. The van der Waals surface area contributed by atoms with E-state index in [1.165, 1.54) is 7.11 Å². The minimum absolute atomic E-state index is 0.0533. The van der Waals surface area contributed by atoms with Gasteiger partial charge in [0.25, 0.3) is 0 Å². The summed E-state index contributed by atoms with van der Waals surface area (Å²) in [4.78, 5) is 30.3. The van der Waals surface area contributed by atoms with Crippen LogP contribution < -0.4 is 0 Å². The van der Waals surface area contributed by atoms with Gasteiger partial charge in [0.15, 0.2) is 0 Å². The maximum atomic E-state index is 12.3. The fourth-order valence-corrected chi connectivity index (χ4v) is 5.07. The van der Waals surface area contributed by atoms with Crippen LogP contribution in [0.5, 0.6) is 0 Å². The van der Waals surface area contributed by atoms with Crippen LogP contribution in [0.3, 0.4) is 0 Å². The number of carboxylic acids is 1. The molecule has 0 unspecified atom stereocenters. The number of ether oxygens (including phenoxy) is 1. The molecule has 0 saturated heterocycles. The molecule has 0 bridgehead atoms. The van der Waals surface area contributed by atoms with Crippen LogP contribution in [0.1, 0.15) is 29.7 Å². The number of hydrogen-bond acceptors (Lipinski definition) is 5. The number of fused-ring (bicyclic) bond motifs is 3. The van der Waals surface area contributed by atoms with Gasteiger partial charge in [0, 0.05) is 23.9 Å². The molecule has 2 aromatic carbocycles. The first-order valence-electron chi connectivity index (χ1n) is 11.7. The summed E-state index contributed by atoms with van der Waals surface area (Å²) in [6, 6.07) is 11.6. The van der Waals surface area contributed by atoms with E-state index < -0.39 is 5.97 Å². The van der Waals surface area contributed by atoms with Gasteiger partial charge in [0.1, 0.15) is 5.82 Å². The fraction of sp³-hybridized carbons (Fsp3) is 0.308. The van der Waals surface area contributed by atoms with Gasteiger partial charge in [0.05, 0.1) is 54.9 Å². The van der Waals surface area contributed by atoms with Crippen molar-refractivity contribution in [3.05, 3.63) is 70.5 Å². The lowest BCUT2D eigenvalue weighted by molar-refractivity contribution is -0.136. The Morgan fingerprint density at radius 3 is 2.81 bits per heavy atom. The van der Waals surface area contributed by atoms with Gasteiger partial charge in [-0.2, -0.15) is 5.10 Å². The van der Waals surface area contributed by atoms with E-state index in [4.69, 9.17) is 21.3 Å². The predicted molar refractivity (Wildman–Crippen MR) is 135 cm³/mol. The third kappa shape index (κ3) is 4.54. The first-order chi connectivity index (χ1) is 17.3. The Bertz CT molecular complexity index is 1460. The fourth-order valence-electron chi connectivity index (χ4n) is 4.92. The lowest BCUT2D eigenvalue weighted by Crippen LogP contribution is -2.35. The van der Waals surface area contributed by atoms with Crippen LogP contribution in [-0.2, 0) is 35.5 Å². The number of carboxylic acid groups (broad SMARTS) is 1. The summed E-state index contributed by atoms with van der Waals surface area (Å²) in [6.07, 6.45) is 3.67. The Hall–Kier alpha value is -3.85. The minimum Gasteiger partial charge on any atom is -0.481 e. The zero-order valence-corrected chi connectivity index (χ0v) is 20.8. The monoisotopic (exact) mass is 507 g/mol. The molecule has 3 heterocycles. The summed E-state index contributed by atoms with van der Waals surface area (Å²) >= 11 is 6.09. The number of hydrogen-bond donors (Lipinski definition) is 1. The van der Waals surface area contributed by atoms with Gasteiger partial charge in [-0.25, -0.2) is 9.78 Å². The topological polar surface area (TPSA) is 102 Å². The molecule has 1 N–H and O–H groups in total. The first-order valence-corrected chi connectivity index (χ1v) is 12.1. The first kappa shape index (κ1) is 23.9. The summed E-state index contributed by atoms with van der Waals surface area (Å²) in [5.74, 6) is -0.159. The van der Waals surface area contributed by atoms with E-state index in [2.05, 4.69) is 28.7 Å². The van der Waals surface area contributed by atoms with Crippen molar-refractivity contribution in [3.8, 4) is 11.4 Å². The summed E-state index contributed by atoms with van der Waals surface area (Å²) in [5, 5.41) is 14.2.